The number of anilines is 1. The monoisotopic (exact) mass is 488 g/mol. The van der Waals surface area contributed by atoms with Gasteiger partial charge in [0.05, 0.1) is 15.8 Å². The molecule has 1 amide bonds. The van der Waals surface area contributed by atoms with Gasteiger partial charge in [0.25, 0.3) is 5.78 Å². The fraction of sp³-hybridized carbons (Fsp3) is 0.192. The summed E-state index contributed by atoms with van der Waals surface area (Å²) in [5.41, 5.74) is 3.41. The van der Waals surface area contributed by atoms with Gasteiger partial charge in [-0.15, -0.1) is 11.3 Å². The molecule has 1 N–H and O–H groups in total. The maximum atomic E-state index is 13.3. The number of aryl methyl sites for hydroxylation is 1. The molecule has 4 aromatic rings. The van der Waals surface area contributed by atoms with Crippen molar-refractivity contribution in [2.75, 3.05) is 4.90 Å². The number of thiazole rings is 1. The highest BCUT2D eigenvalue weighted by molar-refractivity contribution is 7.22. The number of aromatic nitrogens is 1. The molecule has 2 aromatic heterocycles. The molecule has 6 rings (SSSR count). The van der Waals surface area contributed by atoms with Gasteiger partial charge in [-0.25, -0.2) is 4.98 Å². The second kappa shape index (κ2) is 7.78. The third-order valence-corrected chi connectivity index (χ3v) is 8.11. The minimum absolute atomic E-state index is 0.0618. The van der Waals surface area contributed by atoms with Crippen LogP contribution in [0.3, 0.4) is 0 Å². The summed E-state index contributed by atoms with van der Waals surface area (Å²) in [5, 5.41) is 13.7. The predicted octanol–water partition coefficient (Wildman–Crippen LogP) is 5.62. The largest absolute Gasteiger partial charge is 0.507 e. The van der Waals surface area contributed by atoms with Crippen LogP contribution in [0.5, 0.6) is 5.75 Å². The Kier molecular flexibility index (Phi) is 4.82. The predicted molar refractivity (Wildman–Crippen MR) is 134 cm³/mol. The number of ketones is 1. The number of rotatable bonds is 3. The van der Waals surface area contributed by atoms with Crippen molar-refractivity contribution in [3.8, 4) is 5.75 Å². The molecule has 170 valence electrons. The summed E-state index contributed by atoms with van der Waals surface area (Å²) in [7, 11) is 0. The Morgan fingerprint density at radius 1 is 1.18 bits per heavy atom. The first-order chi connectivity index (χ1) is 16.4. The van der Waals surface area contributed by atoms with E-state index in [-0.39, 0.29) is 17.4 Å². The van der Waals surface area contributed by atoms with Crippen LogP contribution in [0.25, 0.3) is 16.0 Å². The number of carbonyl (C=O) groups is 2. The van der Waals surface area contributed by atoms with E-state index in [2.05, 4.69) is 4.98 Å². The van der Waals surface area contributed by atoms with Crippen LogP contribution in [0.4, 0.5) is 5.13 Å². The molecule has 1 fully saturated rings. The third-order valence-electron chi connectivity index (χ3n) is 6.17. The van der Waals surface area contributed by atoms with Crippen LogP contribution >= 0.6 is 22.7 Å². The first-order valence-electron chi connectivity index (χ1n) is 10.9. The summed E-state index contributed by atoms with van der Waals surface area (Å²) in [6.07, 6.45) is 0.788. The van der Waals surface area contributed by atoms with Gasteiger partial charge in [-0.1, -0.05) is 23.5 Å². The fourth-order valence-electron chi connectivity index (χ4n) is 4.59. The lowest BCUT2D eigenvalue weighted by Gasteiger charge is -2.21. The Bertz CT molecular complexity index is 1500. The lowest BCUT2D eigenvalue weighted by atomic mass is 9.98. The van der Waals surface area contributed by atoms with Crippen molar-refractivity contribution in [2.24, 2.45) is 0 Å². The van der Waals surface area contributed by atoms with Crippen molar-refractivity contribution < 1.29 is 19.4 Å². The van der Waals surface area contributed by atoms with Crippen molar-refractivity contribution in [1.82, 2.24) is 4.98 Å². The van der Waals surface area contributed by atoms with Crippen LogP contribution in [-0.2, 0) is 16.0 Å². The van der Waals surface area contributed by atoms with Gasteiger partial charge >= 0.3 is 5.91 Å². The van der Waals surface area contributed by atoms with Gasteiger partial charge in [0.15, 0.2) is 5.13 Å². The molecule has 1 saturated heterocycles. The molecule has 0 bridgehead atoms. The summed E-state index contributed by atoms with van der Waals surface area (Å²) in [5.74, 6) is -0.798. The number of aliphatic hydroxyl groups is 1. The number of amides is 1. The molecule has 2 aromatic carbocycles. The fourth-order valence-corrected chi connectivity index (χ4v) is 6.51. The number of hydrogen-bond donors (Lipinski definition) is 1. The zero-order chi connectivity index (χ0) is 23.6. The molecule has 0 unspecified atom stereocenters. The number of thiophene rings is 1. The molecule has 0 spiro atoms. The number of carbonyl (C=O) groups excluding carboxylic acids is 2. The molecule has 2 atom stereocenters. The Morgan fingerprint density at radius 2 is 2.03 bits per heavy atom. The molecule has 2 aliphatic heterocycles. The van der Waals surface area contributed by atoms with E-state index in [1.54, 1.807) is 12.1 Å². The Morgan fingerprint density at radius 3 is 2.82 bits per heavy atom. The van der Waals surface area contributed by atoms with Gasteiger partial charge < -0.3 is 9.84 Å². The third kappa shape index (κ3) is 3.25. The normalized spacial score (nSPS) is 21.3. The smallest absolute Gasteiger partial charge is 0.301 e. The summed E-state index contributed by atoms with van der Waals surface area (Å²) in [4.78, 5) is 33.5. The molecule has 0 saturated carbocycles. The van der Waals surface area contributed by atoms with Crippen LogP contribution in [0.2, 0.25) is 0 Å². The lowest BCUT2D eigenvalue weighted by Crippen LogP contribution is -2.28. The number of fused-ring (bicyclic) bond motifs is 2. The number of Topliss-reactive ketones (excluding diaryl/α,β-unsaturated/α-hetero) is 1. The standard InChI is InChI=1S/C26H20N2O4S2/c1-13-5-7-17-20(10-13)34-26(27-17)28-22(19-4-3-9-33-19)21(24(30)25(28)31)23(29)15-6-8-18-16(12-15)11-14(2)32-18/h3-10,12,14,22,29H,11H2,1-2H3/b23-21+/t14-,22+/m1/s1. The number of aliphatic hydroxyl groups excluding tert-OH is 1. The Labute approximate surface area is 203 Å². The van der Waals surface area contributed by atoms with Crippen molar-refractivity contribution in [1.29, 1.82) is 0 Å². The van der Waals surface area contributed by atoms with Crippen LogP contribution < -0.4 is 9.64 Å². The quantitative estimate of drug-likeness (QED) is 0.230. The van der Waals surface area contributed by atoms with E-state index in [1.165, 1.54) is 27.6 Å². The van der Waals surface area contributed by atoms with E-state index >= 15 is 0 Å². The van der Waals surface area contributed by atoms with Gasteiger partial charge in [0.1, 0.15) is 23.7 Å². The molecule has 0 aliphatic carbocycles. The van der Waals surface area contributed by atoms with E-state index in [0.29, 0.717) is 10.7 Å². The molecular weight excluding hydrogens is 468 g/mol. The Balaban J connectivity index is 1.51. The zero-order valence-electron chi connectivity index (χ0n) is 18.4. The first-order valence-corrected chi connectivity index (χ1v) is 12.6. The van der Waals surface area contributed by atoms with Crippen LogP contribution in [0.15, 0.2) is 59.5 Å². The number of nitrogens with zero attached hydrogens (tertiary/aromatic N) is 2. The summed E-state index contributed by atoms with van der Waals surface area (Å²) in [6.45, 7) is 3.99. The van der Waals surface area contributed by atoms with E-state index in [4.69, 9.17) is 4.74 Å². The first kappa shape index (κ1) is 21.1. The molecule has 0 radical (unpaired) electrons. The van der Waals surface area contributed by atoms with Crippen LogP contribution in [-0.4, -0.2) is 27.9 Å². The maximum Gasteiger partial charge on any atom is 0.301 e. The van der Waals surface area contributed by atoms with Crippen molar-refractivity contribution in [3.63, 3.8) is 0 Å². The van der Waals surface area contributed by atoms with Gasteiger partial charge in [0.2, 0.25) is 0 Å². The van der Waals surface area contributed by atoms with Gasteiger partial charge in [-0.3, -0.25) is 14.5 Å². The Hall–Kier alpha value is -3.49. The van der Waals surface area contributed by atoms with Crippen molar-refractivity contribution >= 4 is 55.5 Å². The SMILES string of the molecule is Cc1ccc2nc(N3C(=O)C(=O)/C(=C(/O)c4ccc5c(c4)C[C@@H](C)O5)[C@@H]3c3cccs3)sc2c1. The minimum Gasteiger partial charge on any atom is -0.507 e. The topological polar surface area (TPSA) is 79.7 Å². The summed E-state index contributed by atoms with van der Waals surface area (Å²) >= 11 is 2.80. The van der Waals surface area contributed by atoms with Crippen molar-refractivity contribution in [2.45, 2.75) is 32.4 Å². The highest BCUT2D eigenvalue weighted by Gasteiger charge is 2.48. The molecule has 8 heteroatoms. The maximum absolute atomic E-state index is 13.3. The van der Waals surface area contributed by atoms with Crippen LogP contribution in [0.1, 0.15) is 34.5 Å². The number of benzene rings is 2. The zero-order valence-corrected chi connectivity index (χ0v) is 20.1. The second-order valence-corrected chi connectivity index (χ2v) is 10.6. The van der Waals surface area contributed by atoms with Crippen LogP contribution in [0, 0.1) is 6.92 Å². The number of hydrogen-bond acceptors (Lipinski definition) is 7. The second-order valence-electron chi connectivity index (χ2n) is 8.61. The molecule has 2 aliphatic rings. The highest BCUT2D eigenvalue weighted by Crippen LogP contribution is 2.46. The van der Waals surface area contributed by atoms with Gasteiger partial charge in [-0.05, 0) is 66.8 Å². The lowest BCUT2D eigenvalue weighted by molar-refractivity contribution is -0.132. The molecule has 4 heterocycles. The molecule has 6 nitrogen and oxygen atoms in total. The highest BCUT2D eigenvalue weighted by atomic mass is 32.1. The average Bonchev–Trinajstić information content (AvgIpc) is 3.58. The average molecular weight is 489 g/mol. The van der Waals surface area contributed by atoms with E-state index in [1.807, 2.05) is 55.6 Å². The number of ether oxygens (including phenoxy) is 1. The van der Waals surface area contributed by atoms with E-state index in [0.717, 1.165) is 38.4 Å². The van der Waals surface area contributed by atoms with E-state index < -0.39 is 17.7 Å². The summed E-state index contributed by atoms with van der Waals surface area (Å²) in [6, 6.07) is 14.3. The summed E-state index contributed by atoms with van der Waals surface area (Å²) < 4.78 is 6.70. The molecular formula is C26H20N2O4S2. The van der Waals surface area contributed by atoms with Gasteiger partial charge in [-0.2, -0.15) is 0 Å². The molecule has 34 heavy (non-hydrogen) atoms. The van der Waals surface area contributed by atoms with Gasteiger partial charge in [0, 0.05) is 16.9 Å². The minimum atomic E-state index is -0.745. The van der Waals surface area contributed by atoms with Crippen molar-refractivity contribution in [3.05, 3.63) is 81.1 Å². The van der Waals surface area contributed by atoms with E-state index in [9.17, 15) is 14.7 Å².